The first kappa shape index (κ1) is 12.4. The molecule has 2 rings (SSSR count). The van der Waals surface area contributed by atoms with Gasteiger partial charge in [-0.2, -0.15) is 5.10 Å². The van der Waals surface area contributed by atoms with Gasteiger partial charge in [0.1, 0.15) is 5.82 Å². The number of nitrogens with two attached hydrogens (primary N) is 1. The van der Waals surface area contributed by atoms with Crippen molar-refractivity contribution in [2.45, 2.75) is 12.5 Å². The van der Waals surface area contributed by atoms with Crippen LogP contribution < -0.4 is 5.73 Å². The summed E-state index contributed by atoms with van der Waals surface area (Å²) in [6, 6.07) is 5.54. The molecule has 0 spiro atoms. The predicted molar refractivity (Wildman–Crippen MR) is 70.8 cm³/mol. The number of rotatable bonds is 3. The molecule has 0 saturated heterocycles. The lowest BCUT2D eigenvalue weighted by Crippen LogP contribution is -2.04. The van der Waals surface area contributed by atoms with Gasteiger partial charge < -0.3 is 10.8 Å². The molecule has 6 heteroatoms. The normalized spacial score (nSPS) is 12.6. The molecule has 1 aromatic heterocycles. The minimum Gasteiger partial charge on any atom is -0.388 e. The third kappa shape index (κ3) is 2.80. The Balaban J connectivity index is 2.19. The molecule has 4 N–H and O–H groups in total. The smallest absolute Gasteiger partial charge is 0.124 e. The monoisotopic (exact) mass is 315 g/mol. The molecular weight excluding hydrogens is 305 g/mol. The number of hydrogen-bond acceptors (Lipinski definition) is 3. The fraction of sp³-hybridized carbons (Fsp3) is 0.182. The lowest BCUT2D eigenvalue weighted by molar-refractivity contribution is 0.179. The Kier molecular flexibility index (Phi) is 3.71. The molecule has 1 atom stereocenters. The first-order valence-corrected chi connectivity index (χ1v) is 6.15. The first-order chi connectivity index (χ1) is 8.08. The molecular formula is C11H11BrClN3O. The number of aromatic nitrogens is 2. The summed E-state index contributed by atoms with van der Waals surface area (Å²) < 4.78 is 0.906. The number of halogens is 2. The summed E-state index contributed by atoms with van der Waals surface area (Å²) in [6.45, 7) is 0. The zero-order valence-electron chi connectivity index (χ0n) is 8.82. The Hall–Kier alpha value is -1.04. The molecule has 0 fully saturated rings. The van der Waals surface area contributed by atoms with Crippen molar-refractivity contribution in [1.29, 1.82) is 0 Å². The zero-order valence-corrected chi connectivity index (χ0v) is 11.2. The lowest BCUT2D eigenvalue weighted by Gasteiger charge is -2.11. The molecule has 0 radical (unpaired) electrons. The number of hydrogen-bond donors (Lipinski definition) is 3. The van der Waals surface area contributed by atoms with Gasteiger partial charge in [0.25, 0.3) is 0 Å². The van der Waals surface area contributed by atoms with E-state index in [-0.39, 0.29) is 0 Å². The van der Waals surface area contributed by atoms with Crippen molar-refractivity contribution >= 4 is 33.3 Å². The molecule has 2 aromatic rings. The zero-order chi connectivity index (χ0) is 12.4. The minimum absolute atomic E-state index is 0.380. The van der Waals surface area contributed by atoms with Gasteiger partial charge in [-0.15, -0.1) is 0 Å². The van der Waals surface area contributed by atoms with Crippen molar-refractivity contribution in [3.8, 4) is 0 Å². The van der Waals surface area contributed by atoms with E-state index in [1.807, 2.05) is 12.1 Å². The van der Waals surface area contributed by atoms with E-state index in [1.54, 1.807) is 6.07 Å². The van der Waals surface area contributed by atoms with Crippen LogP contribution in [0.15, 0.2) is 28.9 Å². The average Bonchev–Trinajstić information content (AvgIpc) is 2.68. The minimum atomic E-state index is -0.715. The van der Waals surface area contributed by atoms with Gasteiger partial charge in [-0.05, 0) is 17.7 Å². The van der Waals surface area contributed by atoms with E-state index < -0.39 is 6.10 Å². The average molecular weight is 317 g/mol. The van der Waals surface area contributed by atoms with Crippen molar-refractivity contribution < 1.29 is 5.11 Å². The van der Waals surface area contributed by atoms with Crippen LogP contribution >= 0.6 is 27.5 Å². The van der Waals surface area contributed by atoms with E-state index in [0.717, 1.165) is 10.0 Å². The highest BCUT2D eigenvalue weighted by Crippen LogP contribution is 2.27. The number of aromatic amines is 1. The Morgan fingerprint density at radius 2 is 2.29 bits per heavy atom. The van der Waals surface area contributed by atoms with Gasteiger partial charge in [0.2, 0.25) is 0 Å². The quantitative estimate of drug-likeness (QED) is 0.815. The second kappa shape index (κ2) is 5.08. The molecule has 0 bridgehead atoms. The summed E-state index contributed by atoms with van der Waals surface area (Å²) in [4.78, 5) is 0. The predicted octanol–water partition coefficient (Wildman–Crippen LogP) is 2.68. The molecule has 1 unspecified atom stereocenters. The number of anilines is 1. The SMILES string of the molecule is Nc1[nH]ncc1C(O)Cc1ccc(Br)cc1Cl. The number of nitrogen functional groups attached to an aromatic ring is 1. The van der Waals surface area contributed by atoms with Crippen LogP contribution in [-0.2, 0) is 6.42 Å². The van der Waals surface area contributed by atoms with Crippen molar-refractivity contribution in [2.24, 2.45) is 0 Å². The van der Waals surface area contributed by atoms with Gasteiger partial charge in [0.15, 0.2) is 0 Å². The second-order valence-electron chi connectivity index (χ2n) is 3.69. The van der Waals surface area contributed by atoms with E-state index in [4.69, 9.17) is 17.3 Å². The maximum Gasteiger partial charge on any atom is 0.124 e. The maximum atomic E-state index is 10.0. The van der Waals surface area contributed by atoms with Crippen molar-refractivity contribution in [3.05, 3.63) is 45.0 Å². The van der Waals surface area contributed by atoms with E-state index in [2.05, 4.69) is 26.1 Å². The number of aliphatic hydroxyl groups excluding tert-OH is 1. The third-order valence-corrected chi connectivity index (χ3v) is 3.33. The molecule has 0 saturated carbocycles. The van der Waals surface area contributed by atoms with Gasteiger partial charge >= 0.3 is 0 Å². The number of nitrogens with zero attached hydrogens (tertiary/aromatic N) is 1. The molecule has 0 aliphatic rings. The van der Waals surface area contributed by atoms with Gasteiger partial charge in [-0.25, -0.2) is 0 Å². The van der Waals surface area contributed by atoms with Crippen LogP contribution in [0.4, 0.5) is 5.82 Å². The van der Waals surface area contributed by atoms with E-state index in [1.165, 1.54) is 6.20 Å². The van der Waals surface area contributed by atoms with Crippen molar-refractivity contribution in [3.63, 3.8) is 0 Å². The topological polar surface area (TPSA) is 74.9 Å². The lowest BCUT2D eigenvalue weighted by atomic mass is 10.0. The second-order valence-corrected chi connectivity index (χ2v) is 5.02. The highest BCUT2D eigenvalue weighted by molar-refractivity contribution is 9.10. The summed E-state index contributed by atoms with van der Waals surface area (Å²) in [5.41, 5.74) is 7.09. The van der Waals surface area contributed by atoms with Crippen LogP contribution in [0, 0.1) is 0 Å². The standard InChI is InChI=1S/C11H11BrClN3O/c12-7-2-1-6(9(13)4-7)3-10(17)8-5-15-16-11(8)14/h1-2,4-5,10,17H,3H2,(H3,14,15,16). The maximum absolute atomic E-state index is 10.0. The Morgan fingerprint density at radius 1 is 1.53 bits per heavy atom. The Bertz CT molecular complexity index is 529. The molecule has 0 amide bonds. The fourth-order valence-corrected chi connectivity index (χ4v) is 2.33. The van der Waals surface area contributed by atoms with E-state index in [0.29, 0.717) is 22.8 Å². The highest BCUT2D eigenvalue weighted by Gasteiger charge is 2.15. The molecule has 1 heterocycles. The molecule has 0 aliphatic heterocycles. The summed E-state index contributed by atoms with van der Waals surface area (Å²) in [6.07, 6.45) is 1.20. The summed E-state index contributed by atoms with van der Waals surface area (Å²) in [5, 5.41) is 17.0. The summed E-state index contributed by atoms with van der Waals surface area (Å²) in [7, 11) is 0. The Labute approximate surface area is 112 Å². The molecule has 17 heavy (non-hydrogen) atoms. The number of benzene rings is 1. The van der Waals surface area contributed by atoms with Crippen LogP contribution in [0.2, 0.25) is 5.02 Å². The van der Waals surface area contributed by atoms with Crippen LogP contribution in [0.1, 0.15) is 17.2 Å². The number of nitrogens with one attached hydrogen (secondary N) is 1. The van der Waals surface area contributed by atoms with Gasteiger partial charge in [-0.1, -0.05) is 33.6 Å². The van der Waals surface area contributed by atoms with Crippen LogP contribution in [0.25, 0.3) is 0 Å². The largest absolute Gasteiger partial charge is 0.388 e. The van der Waals surface area contributed by atoms with Crippen LogP contribution in [-0.4, -0.2) is 15.3 Å². The van der Waals surface area contributed by atoms with Crippen molar-refractivity contribution in [1.82, 2.24) is 10.2 Å². The Morgan fingerprint density at radius 3 is 2.88 bits per heavy atom. The van der Waals surface area contributed by atoms with Crippen LogP contribution in [0.5, 0.6) is 0 Å². The molecule has 90 valence electrons. The van der Waals surface area contributed by atoms with Gasteiger partial charge in [0.05, 0.1) is 12.3 Å². The molecule has 0 aliphatic carbocycles. The summed E-state index contributed by atoms with van der Waals surface area (Å²) in [5.74, 6) is 0.380. The van der Waals surface area contributed by atoms with Crippen LogP contribution in [0.3, 0.4) is 0 Å². The van der Waals surface area contributed by atoms with E-state index in [9.17, 15) is 5.11 Å². The number of aliphatic hydroxyl groups is 1. The van der Waals surface area contributed by atoms with Crippen molar-refractivity contribution in [2.75, 3.05) is 5.73 Å². The van der Waals surface area contributed by atoms with Gasteiger partial charge in [-0.3, -0.25) is 5.10 Å². The van der Waals surface area contributed by atoms with E-state index >= 15 is 0 Å². The summed E-state index contributed by atoms with van der Waals surface area (Å²) >= 11 is 9.41. The third-order valence-electron chi connectivity index (χ3n) is 2.49. The highest BCUT2D eigenvalue weighted by atomic mass is 79.9. The first-order valence-electron chi connectivity index (χ1n) is 4.98. The fourth-order valence-electron chi connectivity index (χ4n) is 1.58. The molecule has 1 aromatic carbocycles. The number of H-pyrrole nitrogens is 1. The molecule has 4 nitrogen and oxygen atoms in total. The van der Waals surface area contributed by atoms with Gasteiger partial charge in [0, 0.05) is 21.5 Å².